The molecule has 0 unspecified atom stereocenters. The molecule has 2 aromatic heterocycles. The second kappa shape index (κ2) is 14.5. The van der Waals surface area contributed by atoms with Gasteiger partial charge in [0, 0.05) is 37.2 Å². The third-order valence-corrected chi connectivity index (χ3v) is 8.32. The van der Waals surface area contributed by atoms with Gasteiger partial charge in [-0.3, -0.25) is 19.1 Å². The number of amides is 3. The molecular weight excluding hydrogens is 580 g/mol. The summed E-state index contributed by atoms with van der Waals surface area (Å²) in [6.07, 6.45) is 0.992. The van der Waals surface area contributed by atoms with E-state index in [0.717, 1.165) is 22.5 Å². The number of fused-ring (bicyclic) bond motifs is 1. The number of hydrogen-bond acceptors (Lipinski definition) is 6. The van der Waals surface area contributed by atoms with Crippen LogP contribution in [0.4, 0.5) is 0 Å². The molecule has 46 heavy (non-hydrogen) atoms. The molecule has 0 spiro atoms. The van der Waals surface area contributed by atoms with E-state index in [0.29, 0.717) is 56.2 Å². The first-order chi connectivity index (χ1) is 22.1. The molecule has 0 saturated heterocycles. The second-order valence-corrected chi connectivity index (χ2v) is 12.5. The van der Waals surface area contributed by atoms with Crippen LogP contribution < -0.4 is 10.6 Å². The van der Waals surface area contributed by atoms with E-state index in [1.54, 1.807) is 9.58 Å². The van der Waals surface area contributed by atoms with Crippen LogP contribution in [0.15, 0.2) is 60.7 Å². The van der Waals surface area contributed by atoms with Gasteiger partial charge in [-0.15, -0.1) is 0 Å². The average molecular weight is 625 g/mol. The monoisotopic (exact) mass is 624 g/mol. The van der Waals surface area contributed by atoms with E-state index < -0.39 is 12.1 Å². The van der Waals surface area contributed by atoms with E-state index in [-0.39, 0.29) is 30.1 Å². The minimum Gasteiger partial charge on any atom is -0.344 e. The summed E-state index contributed by atoms with van der Waals surface area (Å²) in [5, 5.41) is 15.3. The molecular formula is C35H44N8O3. The topological polar surface area (TPSA) is 127 Å². The normalized spacial score (nSPS) is 18.1. The van der Waals surface area contributed by atoms with Crippen molar-refractivity contribution in [2.45, 2.75) is 79.1 Å². The van der Waals surface area contributed by atoms with Crippen molar-refractivity contribution in [1.29, 1.82) is 0 Å². The molecule has 1 aliphatic heterocycles. The van der Waals surface area contributed by atoms with Crippen LogP contribution in [-0.2, 0) is 29.1 Å². The lowest BCUT2D eigenvalue weighted by Gasteiger charge is -2.28. The van der Waals surface area contributed by atoms with Gasteiger partial charge in [0.1, 0.15) is 17.7 Å². The highest BCUT2D eigenvalue weighted by atomic mass is 16.2. The minimum atomic E-state index is -0.762. The summed E-state index contributed by atoms with van der Waals surface area (Å²) < 4.78 is 3.75. The molecule has 11 nitrogen and oxygen atoms in total. The zero-order chi connectivity index (χ0) is 32.8. The van der Waals surface area contributed by atoms with Crippen molar-refractivity contribution in [1.82, 2.24) is 40.1 Å². The molecule has 11 heteroatoms. The van der Waals surface area contributed by atoms with Crippen LogP contribution in [0.3, 0.4) is 0 Å². The first-order valence-electron chi connectivity index (χ1n) is 16.0. The third-order valence-electron chi connectivity index (χ3n) is 8.32. The van der Waals surface area contributed by atoms with Gasteiger partial charge >= 0.3 is 0 Å². The highest BCUT2D eigenvalue weighted by Gasteiger charge is 2.30. The molecule has 5 rings (SSSR count). The SMILES string of the molecule is Cc1cc(C)n(Cc2ccc(C(=O)N3CCCC(=O)N[C@@H](Cc4ccccc4)C(=O)N[C@H](C(C)C)c4nc(C)nn4CC3)cc2)n1. The van der Waals surface area contributed by atoms with Gasteiger partial charge in [0.15, 0.2) is 0 Å². The third kappa shape index (κ3) is 8.07. The number of aromatic nitrogens is 5. The van der Waals surface area contributed by atoms with Gasteiger partial charge in [-0.25, -0.2) is 9.67 Å². The summed E-state index contributed by atoms with van der Waals surface area (Å²) in [6.45, 7) is 11.6. The molecule has 0 saturated carbocycles. The standard InChI is InChI=1S/C35H44N8O3/c1-23(2)32-33-36-26(5)40-42(33)19-18-41(35(46)29-15-13-28(14-16-29)22-43-25(4)20-24(3)39-43)17-9-12-31(44)37-30(34(45)38-32)21-27-10-7-6-8-11-27/h6-8,10-11,13-16,20,23,30,32H,9,12,17-19,21-22H2,1-5H3,(H,37,44)(H,38,45)/t30-,32+/m0/s1. The summed E-state index contributed by atoms with van der Waals surface area (Å²) >= 11 is 0. The fourth-order valence-corrected chi connectivity index (χ4v) is 5.88. The molecule has 1 aliphatic rings. The van der Waals surface area contributed by atoms with Gasteiger partial charge in [0.2, 0.25) is 11.8 Å². The molecule has 0 radical (unpaired) electrons. The number of nitrogens with zero attached hydrogens (tertiary/aromatic N) is 6. The molecule has 2 atom stereocenters. The van der Waals surface area contributed by atoms with Crippen LogP contribution in [0.2, 0.25) is 0 Å². The van der Waals surface area contributed by atoms with Crippen molar-refractivity contribution in [3.8, 4) is 0 Å². The number of carbonyl (C=O) groups is 3. The van der Waals surface area contributed by atoms with Crippen molar-refractivity contribution in [2.75, 3.05) is 13.1 Å². The number of rotatable bonds is 6. The summed E-state index contributed by atoms with van der Waals surface area (Å²) in [6, 6.07) is 18.1. The van der Waals surface area contributed by atoms with E-state index in [2.05, 4.69) is 20.8 Å². The van der Waals surface area contributed by atoms with Crippen LogP contribution >= 0.6 is 0 Å². The Kier molecular flexibility index (Phi) is 10.3. The highest BCUT2D eigenvalue weighted by molar-refractivity contribution is 5.94. The van der Waals surface area contributed by atoms with Crippen LogP contribution in [-0.4, -0.2) is 66.3 Å². The van der Waals surface area contributed by atoms with Gasteiger partial charge in [-0.1, -0.05) is 56.3 Å². The van der Waals surface area contributed by atoms with Gasteiger partial charge in [-0.05, 0) is 62.4 Å². The van der Waals surface area contributed by atoms with Crippen molar-refractivity contribution >= 4 is 17.7 Å². The van der Waals surface area contributed by atoms with E-state index in [1.165, 1.54) is 0 Å². The Labute approximate surface area is 270 Å². The highest BCUT2D eigenvalue weighted by Crippen LogP contribution is 2.22. The van der Waals surface area contributed by atoms with Crippen molar-refractivity contribution in [3.05, 3.63) is 100 Å². The first-order valence-corrected chi connectivity index (χ1v) is 16.0. The van der Waals surface area contributed by atoms with Gasteiger partial charge in [-0.2, -0.15) is 10.2 Å². The summed E-state index contributed by atoms with van der Waals surface area (Å²) in [5.41, 5.74) is 4.63. The molecule has 0 fully saturated rings. The maximum Gasteiger partial charge on any atom is 0.253 e. The first kappa shape index (κ1) is 32.6. The number of aryl methyl sites for hydroxylation is 3. The predicted octanol–water partition coefficient (Wildman–Crippen LogP) is 3.93. The molecule has 4 aromatic rings. The van der Waals surface area contributed by atoms with Crippen molar-refractivity contribution in [2.24, 2.45) is 5.92 Å². The van der Waals surface area contributed by atoms with E-state index in [9.17, 15) is 14.4 Å². The number of nitrogens with one attached hydrogen (secondary N) is 2. The Morgan fingerprint density at radius 3 is 2.33 bits per heavy atom. The Balaban J connectivity index is 1.38. The Hall–Kier alpha value is -4.80. The molecule has 2 aromatic carbocycles. The Morgan fingerprint density at radius 1 is 0.913 bits per heavy atom. The molecule has 242 valence electrons. The van der Waals surface area contributed by atoms with Crippen LogP contribution in [0.25, 0.3) is 0 Å². The predicted molar refractivity (Wildman–Crippen MR) is 175 cm³/mol. The Morgan fingerprint density at radius 2 is 1.65 bits per heavy atom. The van der Waals surface area contributed by atoms with E-state index in [4.69, 9.17) is 4.98 Å². The van der Waals surface area contributed by atoms with Gasteiger partial charge in [0.05, 0.1) is 24.8 Å². The Bertz CT molecular complexity index is 1660. The zero-order valence-electron chi connectivity index (χ0n) is 27.4. The van der Waals surface area contributed by atoms with Crippen molar-refractivity contribution < 1.29 is 14.4 Å². The maximum absolute atomic E-state index is 13.8. The van der Waals surface area contributed by atoms with Gasteiger partial charge < -0.3 is 15.5 Å². The largest absolute Gasteiger partial charge is 0.344 e. The van der Waals surface area contributed by atoms with Gasteiger partial charge in [0.25, 0.3) is 5.91 Å². The van der Waals surface area contributed by atoms with Crippen LogP contribution in [0.1, 0.15) is 77.3 Å². The fourth-order valence-electron chi connectivity index (χ4n) is 5.88. The summed E-state index contributed by atoms with van der Waals surface area (Å²) in [7, 11) is 0. The lowest BCUT2D eigenvalue weighted by atomic mass is 10.0. The smallest absolute Gasteiger partial charge is 0.253 e. The maximum atomic E-state index is 13.8. The minimum absolute atomic E-state index is 0.00187. The molecule has 3 amide bonds. The quantitative estimate of drug-likeness (QED) is 0.335. The van der Waals surface area contributed by atoms with E-state index >= 15 is 0 Å². The fraction of sp³-hybridized carbons (Fsp3) is 0.429. The lowest BCUT2D eigenvalue weighted by molar-refractivity contribution is -0.129. The number of hydrogen-bond donors (Lipinski definition) is 2. The van der Waals surface area contributed by atoms with Crippen molar-refractivity contribution in [3.63, 3.8) is 0 Å². The number of carbonyl (C=O) groups excluding carboxylic acids is 3. The summed E-state index contributed by atoms with van der Waals surface area (Å²) in [4.78, 5) is 47.1. The molecule has 3 heterocycles. The van der Waals surface area contributed by atoms with E-state index in [1.807, 2.05) is 100.0 Å². The van der Waals surface area contributed by atoms with Crippen LogP contribution in [0.5, 0.6) is 0 Å². The number of benzene rings is 2. The summed E-state index contributed by atoms with van der Waals surface area (Å²) in [5.74, 6) is 0.609. The molecule has 0 bridgehead atoms. The second-order valence-electron chi connectivity index (χ2n) is 12.5. The molecule has 2 N–H and O–H groups in total. The van der Waals surface area contributed by atoms with Crippen LogP contribution in [0, 0.1) is 26.7 Å². The zero-order valence-corrected chi connectivity index (χ0v) is 27.4. The lowest BCUT2D eigenvalue weighted by Crippen LogP contribution is -2.50. The molecule has 0 aliphatic carbocycles. The average Bonchev–Trinajstić information content (AvgIpc) is 3.55.